The van der Waals surface area contributed by atoms with Crippen LogP contribution in [0.1, 0.15) is 51.9 Å². The van der Waals surface area contributed by atoms with Crippen molar-refractivity contribution in [2.75, 3.05) is 0 Å². The van der Waals surface area contributed by atoms with Crippen molar-refractivity contribution in [3.63, 3.8) is 0 Å². The van der Waals surface area contributed by atoms with E-state index in [1.807, 2.05) is 0 Å². The monoisotopic (exact) mass is 208 g/mol. The molecule has 0 bridgehead atoms. The SMILES string of the molecule is CCCCCCCC/C(=C/C#N)C(=O)[O-]. The Balaban J connectivity index is 3.61. The molecule has 0 aliphatic rings. The summed E-state index contributed by atoms with van der Waals surface area (Å²) in [6.07, 6.45) is 8.16. The Morgan fingerprint density at radius 1 is 1.27 bits per heavy atom. The number of carbonyl (C=O) groups is 1. The van der Waals surface area contributed by atoms with Gasteiger partial charge in [0.2, 0.25) is 0 Å². The number of hydrogen-bond donors (Lipinski definition) is 0. The van der Waals surface area contributed by atoms with Crippen molar-refractivity contribution in [2.24, 2.45) is 0 Å². The quantitative estimate of drug-likeness (QED) is 0.348. The summed E-state index contributed by atoms with van der Waals surface area (Å²) < 4.78 is 0. The Labute approximate surface area is 91.4 Å². The van der Waals surface area contributed by atoms with Gasteiger partial charge < -0.3 is 9.90 Å². The first kappa shape index (κ1) is 13.7. The first-order valence-corrected chi connectivity index (χ1v) is 5.52. The van der Waals surface area contributed by atoms with Crippen molar-refractivity contribution in [2.45, 2.75) is 51.9 Å². The maximum atomic E-state index is 10.5. The molecule has 0 aromatic rings. The molecule has 0 saturated carbocycles. The Morgan fingerprint density at radius 2 is 1.87 bits per heavy atom. The summed E-state index contributed by atoms with van der Waals surface area (Å²) in [5.74, 6) is -1.22. The largest absolute Gasteiger partial charge is 0.545 e. The van der Waals surface area contributed by atoms with Gasteiger partial charge in [0.1, 0.15) is 0 Å². The Bertz CT molecular complexity index is 251. The number of allylic oxidation sites excluding steroid dienone is 1. The molecule has 0 radical (unpaired) electrons. The van der Waals surface area contributed by atoms with Gasteiger partial charge in [-0.2, -0.15) is 5.26 Å². The highest BCUT2D eigenvalue weighted by molar-refractivity contribution is 5.85. The lowest BCUT2D eigenvalue weighted by atomic mass is 10.1. The van der Waals surface area contributed by atoms with Crippen molar-refractivity contribution in [3.8, 4) is 6.07 Å². The van der Waals surface area contributed by atoms with Crippen LogP contribution in [0.4, 0.5) is 0 Å². The highest BCUT2D eigenvalue weighted by Gasteiger charge is 1.98. The predicted molar refractivity (Wildman–Crippen MR) is 56.7 cm³/mol. The third kappa shape index (κ3) is 7.75. The topological polar surface area (TPSA) is 63.9 Å². The summed E-state index contributed by atoms with van der Waals surface area (Å²) in [4.78, 5) is 10.5. The molecule has 0 fully saturated rings. The zero-order valence-corrected chi connectivity index (χ0v) is 9.29. The molecule has 0 amide bonds. The van der Waals surface area contributed by atoms with E-state index in [4.69, 9.17) is 5.26 Å². The number of unbranched alkanes of at least 4 members (excludes halogenated alkanes) is 5. The van der Waals surface area contributed by atoms with E-state index in [1.54, 1.807) is 6.07 Å². The lowest BCUT2D eigenvalue weighted by Crippen LogP contribution is -2.24. The van der Waals surface area contributed by atoms with E-state index < -0.39 is 5.97 Å². The molecule has 0 aliphatic carbocycles. The van der Waals surface area contributed by atoms with Crippen molar-refractivity contribution < 1.29 is 9.90 Å². The Kier molecular flexibility index (Phi) is 8.46. The van der Waals surface area contributed by atoms with Crippen LogP contribution in [0.3, 0.4) is 0 Å². The van der Waals surface area contributed by atoms with Crippen molar-refractivity contribution in [1.82, 2.24) is 0 Å². The molecule has 3 heteroatoms. The molecule has 0 N–H and O–H groups in total. The number of nitriles is 1. The van der Waals surface area contributed by atoms with Crippen LogP contribution in [0.15, 0.2) is 11.6 Å². The number of carboxylic acids is 1. The fraction of sp³-hybridized carbons (Fsp3) is 0.667. The van der Waals surface area contributed by atoms with Gasteiger partial charge in [0.05, 0.1) is 12.0 Å². The van der Waals surface area contributed by atoms with Gasteiger partial charge in [-0.1, -0.05) is 39.0 Å². The molecule has 0 saturated heterocycles. The number of nitrogens with zero attached hydrogens (tertiary/aromatic N) is 1. The van der Waals surface area contributed by atoms with Crippen LogP contribution in [0.5, 0.6) is 0 Å². The molecule has 3 nitrogen and oxygen atoms in total. The molecule has 84 valence electrons. The molecule has 15 heavy (non-hydrogen) atoms. The maximum absolute atomic E-state index is 10.5. The zero-order valence-electron chi connectivity index (χ0n) is 9.29. The van der Waals surface area contributed by atoms with Crippen LogP contribution < -0.4 is 5.11 Å². The smallest absolute Gasteiger partial charge is 0.0915 e. The molecule has 0 aromatic carbocycles. The zero-order chi connectivity index (χ0) is 11.5. The second-order valence-corrected chi connectivity index (χ2v) is 3.60. The van der Waals surface area contributed by atoms with Gasteiger partial charge in [-0.15, -0.1) is 0 Å². The first-order valence-electron chi connectivity index (χ1n) is 5.52. The number of aliphatic carboxylic acids is 1. The van der Waals surface area contributed by atoms with E-state index in [0.717, 1.165) is 25.3 Å². The van der Waals surface area contributed by atoms with Gasteiger partial charge in [0.25, 0.3) is 0 Å². The van der Waals surface area contributed by atoms with Gasteiger partial charge in [0.15, 0.2) is 0 Å². The summed E-state index contributed by atoms with van der Waals surface area (Å²) >= 11 is 0. The van der Waals surface area contributed by atoms with Crippen LogP contribution in [0.2, 0.25) is 0 Å². The number of rotatable bonds is 8. The van der Waals surface area contributed by atoms with Gasteiger partial charge in [-0.3, -0.25) is 0 Å². The van der Waals surface area contributed by atoms with E-state index in [0.29, 0.717) is 6.42 Å². The minimum absolute atomic E-state index is 0.119. The van der Waals surface area contributed by atoms with Crippen LogP contribution in [0, 0.1) is 11.3 Å². The van der Waals surface area contributed by atoms with Crippen LogP contribution >= 0.6 is 0 Å². The minimum atomic E-state index is -1.22. The van der Waals surface area contributed by atoms with Gasteiger partial charge in [0, 0.05) is 6.08 Å². The molecule has 0 unspecified atom stereocenters. The summed E-state index contributed by atoms with van der Waals surface area (Å²) in [7, 11) is 0. The van der Waals surface area contributed by atoms with Crippen LogP contribution in [-0.4, -0.2) is 5.97 Å². The van der Waals surface area contributed by atoms with Crippen molar-refractivity contribution >= 4 is 5.97 Å². The number of carboxylic acid groups (broad SMARTS) is 1. The highest BCUT2D eigenvalue weighted by atomic mass is 16.4. The van der Waals surface area contributed by atoms with E-state index in [9.17, 15) is 9.90 Å². The van der Waals surface area contributed by atoms with Gasteiger partial charge in [-0.05, 0) is 18.4 Å². The summed E-state index contributed by atoms with van der Waals surface area (Å²) in [5, 5.41) is 18.9. The number of hydrogen-bond acceptors (Lipinski definition) is 3. The van der Waals surface area contributed by atoms with Crippen LogP contribution in [0.25, 0.3) is 0 Å². The average molecular weight is 208 g/mol. The maximum Gasteiger partial charge on any atom is 0.0915 e. The van der Waals surface area contributed by atoms with E-state index in [1.165, 1.54) is 19.3 Å². The molecule has 0 rings (SSSR count). The molecule has 0 spiro atoms. The van der Waals surface area contributed by atoms with E-state index in [-0.39, 0.29) is 5.57 Å². The summed E-state index contributed by atoms with van der Waals surface area (Å²) in [6, 6.07) is 1.73. The normalized spacial score (nSPS) is 11.1. The molecule has 0 atom stereocenters. The Hall–Kier alpha value is -1.30. The summed E-state index contributed by atoms with van der Waals surface area (Å²) in [5.41, 5.74) is 0.119. The molecular formula is C12H18NO2-. The van der Waals surface area contributed by atoms with Gasteiger partial charge >= 0.3 is 0 Å². The second-order valence-electron chi connectivity index (χ2n) is 3.60. The summed E-state index contributed by atoms with van der Waals surface area (Å²) in [6.45, 7) is 2.16. The lowest BCUT2D eigenvalue weighted by molar-refractivity contribution is -0.299. The van der Waals surface area contributed by atoms with E-state index >= 15 is 0 Å². The fourth-order valence-electron chi connectivity index (χ4n) is 1.41. The second kappa shape index (κ2) is 9.26. The fourth-order valence-corrected chi connectivity index (χ4v) is 1.41. The van der Waals surface area contributed by atoms with E-state index in [2.05, 4.69) is 6.92 Å². The minimum Gasteiger partial charge on any atom is -0.545 e. The Morgan fingerprint density at radius 3 is 2.40 bits per heavy atom. The van der Waals surface area contributed by atoms with Crippen LogP contribution in [-0.2, 0) is 4.79 Å². The third-order valence-corrected chi connectivity index (χ3v) is 2.30. The average Bonchev–Trinajstić information content (AvgIpc) is 2.21. The standard InChI is InChI=1S/C12H19NO2/c1-2-3-4-5-6-7-8-11(9-10-13)12(14)15/h9H,2-8H2,1H3,(H,14,15)/p-1/b11-9-. The molecule has 0 aliphatic heterocycles. The third-order valence-electron chi connectivity index (χ3n) is 2.30. The highest BCUT2D eigenvalue weighted by Crippen LogP contribution is 2.11. The van der Waals surface area contributed by atoms with Gasteiger partial charge in [-0.25, -0.2) is 0 Å². The molecular weight excluding hydrogens is 190 g/mol. The predicted octanol–water partition coefficient (Wildman–Crippen LogP) is 1.94. The van der Waals surface area contributed by atoms with Crippen molar-refractivity contribution in [1.29, 1.82) is 5.26 Å². The lowest BCUT2D eigenvalue weighted by Gasteiger charge is -2.06. The van der Waals surface area contributed by atoms with Crippen molar-refractivity contribution in [3.05, 3.63) is 11.6 Å². The molecule has 0 heterocycles. The number of carbonyl (C=O) groups excluding carboxylic acids is 1. The molecule has 0 aromatic heterocycles. The first-order chi connectivity index (χ1) is 7.22.